The maximum atomic E-state index is 10.2. The average Bonchev–Trinajstić information content (AvgIpc) is 2.55. The van der Waals surface area contributed by atoms with Gasteiger partial charge < -0.3 is 10.2 Å². The van der Waals surface area contributed by atoms with E-state index in [0.29, 0.717) is 18.6 Å². The summed E-state index contributed by atoms with van der Waals surface area (Å²) in [6.45, 7) is 2.54. The molecule has 0 aromatic carbocycles. The van der Waals surface area contributed by atoms with Crippen molar-refractivity contribution in [3.05, 3.63) is 0 Å². The molecule has 2 rings (SSSR count). The van der Waals surface area contributed by atoms with Crippen molar-refractivity contribution in [3.63, 3.8) is 0 Å². The van der Waals surface area contributed by atoms with Gasteiger partial charge in [0.05, 0.1) is 6.10 Å². The first-order valence-electron chi connectivity index (χ1n) is 7.34. The predicted octanol–water partition coefficient (Wildman–Crippen LogP) is 1.77. The van der Waals surface area contributed by atoms with Crippen molar-refractivity contribution in [2.75, 3.05) is 19.7 Å². The monoisotopic (exact) mass is 241 g/mol. The van der Waals surface area contributed by atoms with Gasteiger partial charge in [0.15, 0.2) is 0 Å². The Balaban J connectivity index is 1.90. The summed E-state index contributed by atoms with van der Waals surface area (Å²) in [5.74, 6) is 0.643. The lowest BCUT2D eigenvalue weighted by Crippen LogP contribution is -2.48. The standard InChI is InChI=1S/C14H27NO2/c16-10-8-12-5-4-9-15(11-12)13-6-2-1-3-7-14(13)17/h12-14,16-17H,1-11H2. The van der Waals surface area contributed by atoms with Gasteiger partial charge in [0.2, 0.25) is 0 Å². The van der Waals surface area contributed by atoms with E-state index in [4.69, 9.17) is 5.11 Å². The fraction of sp³-hybridized carbons (Fsp3) is 1.00. The van der Waals surface area contributed by atoms with E-state index in [-0.39, 0.29) is 6.10 Å². The summed E-state index contributed by atoms with van der Waals surface area (Å²) in [5, 5.41) is 19.3. The van der Waals surface area contributed by atoms with E-state index in [1.54, 1.807) is 0 Å². The highest BCUT2D eigenvalue weighted by Crippen LogP contribution is 2.27. The Labute approximate surface area is 105 Å². The zero-order chi connectivity index (χ0) is 12.1. The summed E-state index contributed by atoms with van der Waals surface area (Å²) in [4.78, 5) is 2.50. The van der Waals surface area contributed by atoms with Crippen LogP contribution in [0.3, 0.4) is 0 Å². The molecule has 1 saturated heterocycles. The second-order valence-electron chi connectivity index (χ2n) is 5.79. The van der Waals surface area contributed by atoms with Gasteiger partial charge in [-0.3, -0.25) is 4.90 Å². The first-order valence-corrected chi connectivity index (χ1v) is 7.34. The van der Waals surface area contributed by atoms with Gasteiger partial charge in [0.25, 0.3) is 0 Å². The molecule has 3 nitrogen and oxygen atoms in total. The highest BCUT2D eigenvalue weighted by Gasteiger charge is 2.30. The number of rotatable bonds is 3. The van der Waals surface area contributed by atoms with E-state index in [9.17, 15) is 5.11 Å². The van der Waals surface area contributed by atoms with Gasteiger partial charge in [0.1, 0.15) is 0 Å². The molecule has 2 N–H and O–H groups in total. The quantitative estimate of drug-likeness (QED) is 0.740. The number of aliphatic hydroxyl groups excluding tert-OH is 2. The zero-order valence-corrected chi connectivity index (χ0v) is 10.9. The summed E-state index contributed by atoms with van der Waals surface area (Å²) in [6.07, 6.45) is 9.16. The van der Waals surface area contributed by atoms with E-state index in [0.717, 1.165) is 32.4 Å². The number of hydrogen-bond acceptors (Lipinski definition) is 3. The first-order chi connectivity index (χ1) is 8.31. The molecule has 1 saturated carbocycles. The molecule has 0 amide bonds. The number of likely N-dealkylation sites (tertiary alicyclic amines) is 1. The Morgan fingerprint density at radius 2 is 1.82 bits per heavy atom. The third-order valence-corrected chi connectivity index (χ3v) is 4.50. The van der Waals surface area contributed by atoms with Crippen LogP contribution < -0.4 is 0 Å². The van der Waals surface area contributed by atoms with Crippen molar-refractivity contribution in [1.82, 2.24) is 4.90 Å². The molecule has 2 aliphatic rings. The van der Waals surface area contributed by atoms with Crippen molar-refractivity contribution < 1.29 is 10.2 Å². The van der Waals surface area contributed by atoms with E-state index < -0.39 is 0 Å². The molecular formula is C14H27NO2. The second-order valence-corrected chi connectivity index (χ2v) is 5.79. The molecule has 0 aromatic heterocycles. The Bertz CT molecular complexity index is 220. The third kappa shape index (κ3) is 3.67. The Morgan fingerprint density at radius 3 is 2.65 bits per heavy atom. The molecule has 1 aliphatic carbocycles. The maximum absolute atomic E-state index is 10.2. The van der Waals surface area contributed by atoms with Crippen LogP contribution >= 0.6 is 0 Å². The van der Waals surface area contributed by atoms with Crippen LogP contribution in [0.4, 0.5) is 0 Å². The minimum Gasteiger partial charge on any atom is -0.396 e. The van der Waals surface area contributed by atoms with Crippen molar-refractivity contribution in [3.8, 4) is 0 Å². The summed E-state index contributed by atoms with van der Waals surface area (Å²) in [7, 11) is 0. The molecule has 0 radical (unpaired) electrons. The lowest BCUT2D eigenvalue weighted by atomic mass is 9.92. The molecule has 3 atom stereocenters. The predicted molar refractivity (Wildman–Crippen MR) is 68.9 cm³/mol. The van der Waals surface area contributed by atoms with Crippen molar-refractivity contribution >= 4 is 0 Å². The molecule has 17 heavy (non-hydrogen) atoms. The van der Waals surface area contributed by atoms with Crippen LogP contribution in [0.5, 0.6) is 0 Å². The summed E-state index contributed by atoms with van der Waals surface area (Å²) >= 11 is 0. The Morgan fingerprint density at radius 1 is 1.00 bits per heavy atom. The van der Waals surface area contributed by atoms with Gasteiger partial charge in [-0.05, 0) is 44.6 Å². The largest absolute Gasteiger partial charge is 0.396 e. The van der Waals surface area contributed by atoms with Crippen LogP contribution in [0.25, 0.3) is 0 Å². The van der Waals surface area contributed by atoms with Crippen molar-refractivity contribution in [2.24, 2.45) is 5.92 Å². The highest BCUT2D eigenvalue weighted by atomic mass is 16.3. The van der Waals surface area contributed by atoms with Crippen LogP contribution in [-0.4, -0.2) is 47.0 Å². The molecule has 3 unspecified atom stereocenters. The molecule has 1 aliphatic heterocycles. The number of hydrogen-bond donors (Lipinski definition) is 2. The second kappa shape index (κ2) is 6.72. The van der Waals surface area contributed by atoms with E-state index >= 15 is 0 Å². The van der Waals surface area contributed by atoms with E-state index in [1.165, 1.54) is 32.1 Å². The van der Waals surface area contributed by atoms with Crippen LogP contribution in [0.1, 0.15) is 51.4 Å². The number of nitrogens with zero attached hydrogens (tertiary/aromatic N) is 1. The molecule has 2 fully saturated rings. The first kappa shape index (κ1) is 13.3. The van der Waals surface area contributed by atoms with Gasteiger partial charge in [-0.25, -0.2) is 0 Å². The molecule has 3 heteroatoms. The molecule has 1 heterocycles. The van der Waals surface area contributed by atoms with Crippen molar-refractivity contribution in [2.45, 2.75) is 63.5 Å². The molecule has 0 aromatic rings. The summed E-state index contributed by atoms with van der Waals surface area (Å²) in [5.41, 5.74) is 0. The van der Waals surface area contributed by atoms with Crippen LogP contribution in [0.2, 0.25) is 0 Å². The van der Waals surface area contributed by atoms with E-state index in [2.05, 4.69) is 4.90 Å². The number of aliphatic hydroxyl groups is 2. The molecular weight excluding hydrogens is 214 g/mol. The van der Waals surface area contributed by atoms with Gasteiger partial charge >= 0.3 is 0 Å². The smallest absolute Gasteiger partial charge is 0.0695 e. The van der Waals surface area contributed by atoms with Gasteiger partial charge in [-0.2, -0.15) is 0 Å². The van der Waals surface area contributed by atoms with Crippen LogP contribution in [0.15, 0.2) is 0 Å². The van der Waals surface area contributed by atoms with Gasteiger partial charge in [-0.1, -0.05) is 19.3 Å². The fourth-order valence-electron chi connectivity index (χ4n) is 3.51. The van der Waals surface area contributed by atoms with Gasteiger partial charge in [-0.15, -0.1) is 0 Å². The topological polar surface area (TPSA) is 43.7 Å². The SMILES string of the molecule is OCCC1CCCN(C2CCCCCC2O)C1. The minimum absolute atomic E-state index is 0.120. The molecule has 100 valence electrons. The highest BCUT2D eigenvalue weighted by molar-refractivity contribution is 4.85. The number of piperidine rings is 1. The molecule has 0 spiro atoms. The fourth-order valence-corrected chi connectivity index (χ4v) is 3.51. The summed E-state index contributed by atoms with van der Waals surface area (Å²) < 4.78 is 0. The minimum atomic E-state index is -0.120. The zero-order valence-electron chi connectivity index (χ0n) is 10.9. The molecule has 0 bridgehead atoms. The lowest BCUT2D eigenvalue weighted by molar-refractivity contribution is 0.0175. The van der Waals surface area contributed by atoms with Crippen molar-refractivity contribution in [1.29, 1.82) is 0 Å². The van der Waals surface area contributed by atoms with Gasteiger partial charge in [0, 0.05) is 19.2 Å². The normalized spacial score (nSPS) is 36.7. The van der Waals surface area contributed by atoms with E-state index in [1.807, 2.05) is 0 Å². The Hall–Kier alpha value is -0.120. The van der Waals surface area contributed by atoms with Crippen LogP contribution in [-0.2, 0) is 0 Å². The maximum Gasteiger partial charge on any atom is 0.0695 e. The van der Waals surface area contributed by atoms with Crippen LogP contribution in [0, 0.1) is 5.92 Å². The lowest BCUT2D eigenvalue weighted by Gasteiger charge is -2.39. The third-order valence-electron chi connectivity index (χ3n) is 4.50. The average molecular weight is 241 g/mol. The Kier molecular flexibility index (Phi) is 5.26. The summed E-state index contributed by atoms with van der Waals surface area (Å²) in [6, 6.07) is 0.388.